The zero-order chi connectivity index (χ0) is 19.4. The fraction of sp³-hybridized carbons (Fsp3) is 0.632. The number of aliphatic carboxylic acids is 1. The molecule has 1 aromatic heterocycles. The minimum atomic E-state index is -0.831. The second kappa shape index (κ2) is 8.49. The van der Waals surface area contributed by atoms with Crippen molar-refractivity contribution in [2.45, 2.75) is 65.5 Å². The van der Waals surface area contributed by atoms with Crippen LogP contribution >= 0.6 is 0 Å². The highest BCUT2D eigenvalue weighted by Gasteiger charge is 2.35. The lowest BCUT2D eigenvalue weighted by Crippen LogP contribution is -2.54. The van der Waals surface area contributed by atoms with Crippen molar-refractivity contribution < 1.29 is 19.5 Å². The first-order valence-electron chi connectivity index (χ1n) is 9.27. The Morgan fingerprint density at radius 1 is 1.27 bits per heavy atom. The lowest BCUT2D eigenvalue weighted by Gasteiger charge is -2.42. The van der Waals surface area contributed by atoms with Gasteiger partial charge in [0, 0.05) is 23.3 Å². The number of H-pyrrole nitrogens is 1. The van der Waals surface area contributed by atoms with Crippen molar-refractivity contribution in [2.24, 2.45) is 0 Å². The summed E-state index contributed by atoms with van der Waals surface area (Å²) in [6, 6.07) is 0.226. The van der Waals surface area contributed by atoms with Crippen LogP contribution in [0.3, 0.4) is 0 Å². The van der Waals surface area contributed by atoms with Crippen LogP contribution < -0.4 is 5.32 Å². The summed E-state index contributed by atoms with van der Waals surface area (Å²) in [7, 11) is 0. The first kappa shape index (κ1) is 20.2. The van der Waals surface area contributed by atoms with E-state index in [0.29, 0.717) is 24.2 Å². The number of hydrogen-bond donors (Lipinski definition) is 3. The third kappa shape index (κ3) is 4.33. The molecule has 7 heteroatoms. The topological polar surface area (TPSA) is 102 Å². The molecule has 2 rings (SSSR count). The number of aromatic amines is 1. The number of aromatic nitrogens is 1. The maximum absolute atomic E-state index is 12.7. The maximum Gasteiger partial charge on any atom is 0.317 e. The predicted octanol–water partition coefficient (Wildman–Crippen LogP) is 2.15. The highest BCUT2D eigenvalue weighted by atomic mass is 16.4. The molecule has 3 N–H and O–H groups in total. The molecule has 1 heterocycles. The number of rotatable bonds is 9. The van der Waals surface area contributed by atoms with Crippen molar-refractivity contribution in [3.05, 3.63) is 22.5 Å². The Bertz CT molecular complexity index is 689. The van der Waals surface area contributed by atoms with E-state index in [4.69, 9.17) is 5.11 Å². The van der Waals surface area contributed by atoms with Gasteiger partial charge in [-0.15, -0.1) is 0 Å². The molecule has 0 bridgehead atoms. The van der Waals surface area contributed by atoms with E-state index in [-0.39, 0.29) is 30.3 Å². The number of amides is 1. The SMILES string of the molecule is CCCc1c(C(=O)NC2CC(N(CC)CC(=O)O)C2)[nH]c(C)c1C(C)=O. The van der Waals surface area contributed by atoms with Gasteiger partial charge in [-0.1, -0.05) is 20.3 Å². The van der Waals surface area contributed by atoms with E-state index in [1.54, 1.807) is 0 Å². The largest absolute Gasteiger partial charge is 0.480 e. The monoisotopic (exact) mass is 363 g/mol. The van der Waals surface area contributed by atoms with Crippen molar-refractivity contribution in [1.29, 1.82) is 0 Å². The molecule has 0 radical (unpaired) electrons. The molecule has 144 valence electrons. The van der Waals surface area contributed by atoms with E-state index in [0.717, 1.165) is 30.5 Å². The van der Waals surface area contributed by atoms with Crippen LogP contribution in [0, 0.1) is 6.92 Å². The van der Waals surface area contributed by atoms with Gasteiger partial charge in [-0.05, 0) is 45.2 Å². The van der Waals surface area contributed by atoms with Gasteiger partial charge in [-0.2, -0.15) is 0 Å². The fourth-order valence-electron chi connectivity index (χ4n) is 3.78. The Morgan fingerprint density at radius 2 is 1.92 bits per heavy atom. The van der Waals surface area contributed by atoms with Crippen LogP contribution in [0.4, 0.5) is 0 Å². The fourth-order valence-corrected chi connectivity index (χ4v) is 3.78. The third-order valence-electron chi connectivity index (χ3n) is 5.08. The Hall–Kier alpha value is -2.15. The normalized spacial score (nSPS) is 19.3. The van der Waals surface area contributed by atoms with Gasteiger partial charge in [0.05, 0.1) is 6.54 Å². The van der Waals surface area contributed by atoms with Crippen LogP contribution in [0.1, 0.15) is 72.1 Å². The summed E-state index contributed by atoms with van der Waals surface area (Å²) in [4.78, 5) is 40.5. The van der Waals surface area contributed by atoms with E-state index in [9.17, 15) is 14.4 Å². The van der Waals surface area contributed by atoms with Crippen LogP contribution in [0.15, 0.2) is 0 Å². The number of carbonyl (C=O) groups is 3. The lowest BCUT2D eigenvalue weighted by atomic mass is 9.85. The molecule has 7 nitrogen and oxygen atoms in total. The minimum absolute atomic E-state index is 0.0281. The first-order valence-corrected chi connectivity index (χ1v) is 9.27. The molecular weight excluding hydrogens is 334 g/mol. The molecule has 0 aliphatic heterocycles. The highest BCUT2D eigenvalue weighted by Crippen LogP contribution is 2.27. The smallest absolute Gasteiger partial charge is 0.317 e. The van der Waals surface area contributed by atoms with Crippen molar-refractivity contribution in [3.8, 4) is 0 Å². The second-order valence-corrected chi connectivity index (χ2v) is 7.04. The zero-order valence-corrected chi connectivity index (χ0v) is 16.0. The summed E-state index contributed by atoms with van der Waals surface area (Å²) >= 11 is 0. The Kier molecular flexibility index (Phi) is 6.58. The molecule has 0 atom stereocenters. The van der Waals surface area contributed by atoms with Gasteiger partial charge in [-0.3, -0.25) is 19.3 Å². The van der Waals surface area contributed by atoms with Crippen molar-refractivity contribution in [2.75, 3.05) is 13.1 Å². The summed E-state index contributed by atoms with van der Waals surface area (Å²) in [5, 5.41) is 12.0. The van der Waals surface area contributed by atoms with E-state index in [2.05, 4.69) is 10.3 Å². The van der Waals surface area contributed by atoms with Crippen molar-refractivity contribution in [1.82, 2.24) is 15.2 Å². The van der Waals surface area contributed by atoms with Crippen molar-refractivity contribution in [3.63, 3.8) is 0 Å². The maximum atomic E-state index is 12.7. The van der Waals surface area contributed by atoms with E-state index in [1.165, 1.54) is 6.92 Å². The quantitative estimate of drug-likeness (QED) is 0.583. The van der Waals surface area contributed by atoms with Crippen molar-refractivity contribution >= 4 is 17.7 Å². The average Bonchev–Trinajstić information content (AvgIpc) is 2.85. The number of ketones is 1. The third-order valence-corrected chi connectivity index (χ3v) is 5.08. The number of likely N-dealkylation sites (N-methyl/N-ethyl adjacent to an activating group) is 1. The number of Topliss-reactive ketones (excluding diaryl/α,β-unsaturated/α-hetero) is 1. The summed E-state index contributed by atoms with van der Waals surface area (Å²) in [5.74, 6) is -1.05. The molecular formula is C19H29N3O4. The van der Waals surface area contributed by atoms with Gasteiger partial charge in [-0.25, -0.2) is 0 Å². The first-order chi connectivity index (χ1) is 12.3. The zero-order valence-electron chi connectivity index (χ0n) is 16.0. The van der Waals surface area contributed by atoms with Crippen LogP contribution in [0.25, 0.3) is 0 Å². The van der Waals surface area contributed by atoms with Crippen LogP contribution in [-0.2, 0) is 11.2 Å². The number of carboxylic acids is 1. The van der Waals surface area contributed by atoms with E-state index < -0.39 is 5.97 Å². The van der Waals surface area contributed by atoms with Gasteiger partial charge >= 0.3 is 5.97 Å². The summed E-state index contributed by atoms with van der Waals surface area (Å²) in [5.41, 5.74) is 2.64. The molecule has 1 fully saturated rings. The molecule has 1 aliphatic carbocycles. The molecule has 1 saturated carbocycles. The van der Waals surface area contributed by atoms with Gasteiger partial charge in [0.2, 0.25) is 0 Å². The second-order valence-electron chi connectivity index (χ2n) is 7.04. The summed E-state index contributed by atoms with van der Waals surface area (Å²) in [6.07, 6.45) is 3.02. The van der Waals surface area contributed by atoms with Crippen LogP contribution in [-0.4, -0.2) is 57.8 Å². The standard InChI is InChI=1S/C19H29N3O4/c1-5-7-15-17(12(4)23)11(3)20-18(15)19(26)21-13-8-14(9-13)22(6-2)10-16(24)25/h13-14,20H,5-10H2,1-4H3,(H,21,26)(H,24,25). The average molecular weight is 363 g/mol. The number of carboxylic acid groups (broad SMARTS) is 1. The van der Waals surface area contributed by atoms with Gasteiger partial charge in [0.25, 0.3) is 5.91 Å². The number of nitrogens with one attached hydrogen (secondary N) is 2. The van der Waals surface area contributed by atoms with E-state index >= 15 is 0 Å². The number of aryl methyl sites for hydroxylation is 1. The molecule has 1 amide bonds. The molecule has 0 saturated heterocycles. The van der Waals surface area contributed by atoms with Gasteiger partial charge in [0.15, 0.2) is 5.78 Å². The Morgan fingerprint density at radius 3 is 2.42 bits per heavy atom. The number of hydrogen-bond acceptors (Lipinski definition) is 4. The van der Waals surface area contributed by atoms with Crippen LogP contribution in [0.5, 0.6) is 0 Å². The van der Waals surface area contributed by atoms with Gasteiger partial charge in [0.1, 0.15) is 5.69 Å². The van der Waals surface area contributed by atoms with E-state index in [1.807, 2.05) is 25.7 Å². The summed E-state index contributed by atoms with van der Waals surface area (Å²) < 4.78 is 0. The molecule has 26 heavy (non-hydrogen) atoms. The highest BCUT2D eigenvalue weighted by molar-refractivity contribution is 6.02. The molecule has 0 spiro atoms. The van der Waals surface area contributed by atoms with Crippen LogP contribution in [0.2, 0.25) is 0 Å². The Balaban J connectivity index is 2.02. The summed E-state index contributed by atoms with van der Waals surface area (Å²) in [6.45, 7) is 8.01. The molecule has 0 unspecified atom stereocenters. The molecule has 0 aromatic carbocycles. The van der Waals surface area contributed by atoms with Gasteiger partial charge < -0.3 is 15.4 Å². The molecule has 1 aromatic rings. The Labute approximate surface area is 154 Å². The predicted molar refractivity (Wildman–Crippen MR) is 98.7 cm³/mol. The minimum Gasteiger partial charge on any atom is -0.480 e. The molecule has 1 aliphatic rings. The number of nitrogens with zero attached hydrogens (tertiary/aromatic N) is 1. The number of carbonyl (C=O) groups excluding carboxylic acids is 2. The lowest BCUT2D eigenvalue weighted by molar-refractivity contribution is -0.139.